The van der Waals surface area contributed by atoms with Crippen LogP contribution in [0, 0.1) is 23.2 Å². The number of cyclic esters (lactones) is 1. The fraction of sp³-hybridized carbons (Fsp3) is 0.529. The molecule has 0 radical (unpaired) electrons. The Kier molecular flexibility index (Phi) is 14.3. The lowest BCUT2D eigenvalue weighted by molar-refractivity contribution is -0.155. The monoisotopic (exact) mass is 906 g/mol. The number of phenolic OH excluding ortho intramolecular Hbond substituents is 1. The summed E-state index contributed by atoms with van der Waals surface area (Å²) < 4.78 is 16.1. The molecule has 4 aromatic rings. The van der Waals surface area contributed by atoms with Gasteiger partial charge in [-0.05, 0) is 111 Å². The van der Waals surface area contributed by atoms with Crippen molar-refractivity contribution in [3.05, 3.63) is 72.1 Å². The van der Waals surface area contributed by atoms with Gasteiger partial charge in [-0.2, -0.15) is 5.10 Å². The van der Waals surface area contributed by atoms with Crippen molar-refractivity contribution in [2.24, 2.45) is 30.2 Å². The third-order valence-electron chi connectivity index (χ3n) is 13.9. The van der Waals surface area contributed by atoms with Gasteiger partial charge in [-0.1, -0.05) is 46.4 Å². The average Bonchev–Trinajstić information content (AvgIpc) is 4.02. The van der Waals surface area contributed by atoms with Gasteiger partial charge < -0.3 is 29.4 Å². The first-order valence-electron chi connectivity index (χ1n) is 23.4. The molecule has 2 fully saturated rings. The minimum Gasteiger partial charge on any atom is -0.508 e. The summed E-state index contributed by atoms with van der Waals surface area (Å²) in [5, 5.41) is 21.4. The molecule has 2 aromatic heterocycles. The van der Waals surface area contributed by atoms with Crippen LogP contribution in [0.4, 0.5) is 0 Å². The van der Waals surface area contributed by atoms with Gasteiger partial charge in [0.25, 0.3) is 5.91 Å². The highest BCUT2D eigenvalue weighted by molar-refractivity contribution is 5.96. The summed E-state index contributed by atoms with van der Waals surface area (Å²) in [6, 6.07) is 8.55. The van der Waals surface area contributed by atoms with Crippen LogP contribution in [0.15, 0.2) is 55.3 Å². The lowest BCUT2D eigenvalue weighted by Crippen LogP contribution is -2.62. The lowest BCUT2D eigenvalue weighted by atomic mass is 9.84. The molecule has 0 spiro atoms. The van der Waals surface area contributed by atoms with Gasteiger partial charge in [0, 0.05) is 74.4 Å². The van der Waals surface area contributed by atoms with Crippen molar-refractivity contribution in [3.63, 3.8) is 0 Å². The Balaban J connectivity index is 1.31. The number of methoxy groups -OCH3 is 1. The first kappa shape index (κ1) is 48.1. The van der Waals surface area contributed by atoms with Gasteiger partial charge in [0.05, 0.1) is 30.3 Å². The number of ether oxygens (including phenoxy) is 2. The Morgan fingerprint density at radius 2 is 1.83 bits per heavy atom. The highest BCUT2D eigenvalue weighted by atomic mass is 16.5. The number of rotatable bonds is 11. The van der Waals surface area contributed by atoms with Crippen LogP contribution in [0.2, 0.25) is 0 Å². The molecule has 7 rings (SSSR count). The third kappa shape index (κ3) is 9.69. The largest absolute Gasteiger partial charge is 0.508 e. The van der Waals surface area contributed by atoms with Crippen LogP contribution in [-0.2, 0) is 59.9 Å². The maximum atomic E-state index is 14.7. The van der Waals surface area contributed by atoms with E-state index in [9.17, 15) is 29.1 Å². The fourth-order valence-electron chi connectivity index (χ4n) is 10.5. The first-order valence-corrected chi connectivity index (χ1v) is 23.4. The SMILES string of the molecule is C=CC(=O)C1CC[C@H](C(=O)N(C)C(C(=O)N[C@H]2Cc3cc(O)cc(c3)-c3ccc4c(c3)c(c(-c3cnn(C)c3[C@H](C)OC)n4CC)CC(C)(C)COC(=O)[C@@H]3CCCN(N3)C2=O)C(C)C)C1. The highest BCUT2D eigenvalue weighted by Gasteiger charge is 2.41. The number of aromatic nitrogens is 3. The number of aromatic hydroxyl groups is 1. The number of allylic oxidation sites excluding steroid dienone is 1. The molecule has 354 valence electrons. The van der Waals surface area contributed by atoms with E-state index in [-0.39, 0.29) is 55.0 Å². The molecule has 2 aliphatic heterocycles. The van der Waals surface area contributed by atoms with Crippen molar-refractivity contribution in [1.82, 2.24) is 35.0 Å². The molecule has 4 heterocycles. The van der Waals surface area contributed by atoms with Gasteiger partial charge in [-0.25, -0.2) is 5.43 Å². The van der Waals surface area contributed by atoms with E-state index in [4.69, 9.17) is 9.47 Å². The molecule has 1 aliphatic carbocycles. The fourth-order valence-corrected chi connectivity index (χ4v) is 10.5. The second-order valence-corrected chi connectivity index (χ2v) is 19.6. The van der Waals surface area contributed by atoms with Crippen LogP contribution in [0.25, 0.3) is 33.3 Å². The number of fused-ring (bicyclic) bond motifs is 6. The Labute approximate surface area is 387 Å². The summed E-state index contributed by atoms with van der Waals surface area (Å²) in [6.45, 7) is 16.6. The molecule has 1 saturated heterocycles. The second kappa shape index (κ2) is 19.6. The molecule has 15 heteroatoms. The molecule has 15 nitrogen and oxygen atoms in total. The number of hydrazine groups is 1. The highest BCUT2D eigenvalue weighted by Crippen LogP contribution is 2.43. The Bertz CT molecular complexity index is 2520. The molecule has 6 atom stereocenters. The molecular formula is C51H67N7O8. The van der Waals surface area contributed by atoms with E-state index in [2.05, 4.69) is 59.9 Å². The van der Waals surface area contributed by atoms with Crippen LogP contribution < -0.4 is 10.7 Å². The smallest absolute Gasteiger partial charge is 0.324 e. The third-order valence-corrected chi connectivity index (χ3v) is 13.9. The Morgan fingerprint density at radius 1 is 1.09 bits per heavy atom. The summed E-state index contributed by atoms with van der Waals surface area (Å²) in [7, 11) is 5.20. The zero-order chi connectivity index (χ0) is 47.8. The van der Waals surface area contributed by atoms with Crippen LogP contribution in [-0.4, -0.2) is 104 Å². The Hall–Kier alpha value is -5.80. The van der Waals surface area contributed by atoms with E-state index in [1.54, 1.807) is 26.3 Å². The van der Waals surface area contributed by atoms with E-state index in [1.807, 2.05) is 50.8 Å². The maximum absolute atomic E-state index is 14.7. The van der Waals surface area contributed by atoms with Crippen molar-refractivity contribution in [1.29, 1.82) is 0 Å². The van der Waals surface area contributed by atoms with E-state index < -0.39 is 47.2 Å². The van der Waals surface area contributed by atoms with Gasteiger partial charge >= 0.3 is 5.97 Å². The van der Waals surface area contributed by atoms with E-state index >= 15 is 0 Å². The van der Waals surface area contributed by atoms with Gasteiger partial charge in [-0.3, -0.25) is 33.7 Å². The standard InChI is InChI=1S/C51H67N7O8/c1-11-43(60)33-15-16-34(23-33)48(62)55(8)44(29(3)4)47(61)53-41-22-31-20-35(24-36(59)21-31)32-17-18-42-37(25-32)38(46(57(42)12-2)39-27-52-56(9)45(39)30(5)65-10)26-51(6,7)28-66-50(64)40-14-13-19-58(54-40)49(41)63/h11,17-18,20-21,24-25,27,29-30,33-34,40-41,44,54,59H,1,12-16,19,22-23,26,28H2,2-10H3,(H,53,61)/t30-,33?,34-,40-,41-,44?/m0/s1. The summed E-state index contributed by atoms with van der Waals surface area (Å²) in [6.07, 6.45) is 5.93. The molecule has 3 amide bonds. The van der Waals surface area contributed by atoms with Crippen molar-refractivity contribution in [2.45, 2.75) is 117 Å². The summed E-state index contributed by atoms with van der Waals surface area (Å²) in [5.41, 5.74) is 9.68. The van der Waals surface area contributed by atoms with Crippen LogP contribution in [0.1, 0.15) is 96.6 Å². The first-order chi connectivity index (χ1) is 31.4. The molecule has 6 bridgehead atoms. The molecule has 2 unspecified atom stereocenters. The topological polar surface area (TPSA) is 177 Å². The molecule has 66 heavy (non-hydrogen) atoms. The van der Waals surface area contributed by atoms with Crippen molar-refractivity contribution in [3.8, 4) is 28.1 Å². The molecule has 3 aliphatic rings. The predicted molar refractivity (Wildman–Crippen MR) is 252 cm³/mol. The number of phenols is 1. The minimum absolute atomic E-state index is 0.00474. The Morgan fingerprint density at radius 3 is 2.53 bits per heavy atom. The number of benzene rings is 2. The summed E-state index contributed by atoms with van der Waals surface area (Å²) in [5.74, 6) is -2.82. The van der Waals surface area contributed by atoms with Crippen molar-refractivity contribution >= 4 is 40.4 Å². The van der Waals surface area contributed by atoms with E-state index in [1.165, 1.54) is 16.0 Å². The number of likely N-dealkylation sites (N-methyl/N-ethyl adjacent to an activating group) is 1. The number of carbonyl (C=O) groups is 5. The van der Waals surface area contributed by atoms with Crippen LogP contribution >= 0.6 is 0 Å². The molecule has 3 N–H and O–H groups in total. The normalized spacial score (nSPS) is 22.1. The number of nitrogens with one attached hydrogen (secondary N) is 2. The zero-order valence-corrected chi connectivity index (χ0v) is 40.0. The van der Waals surface area contributed by atoms with Gasteiger partial charge in [0.2, 0.25) is 11.8 Å². The van der Waals surface area contributed by atoms with Crippen molar-refractivity contribution < 1.29 is 38.6 Å². The number of nitrogens with zero attached hydrogens (tertiary/aromatic N) is 5. The number of hydrogen-bond donors (Lipinski definition) is 3. The van der Waals surface area contributed by atoms with E-state index in [0.29, 0.717) is 50.6 Å². The maximum Gasteiger partial charge on any atom is 0.324 e. The minimum atomic E-state index is -1.16. The number of ketones is 1. The number of carbonyl (C=O) groups excluding carboxylic acids is 5. The number of hydrogen-bond acceptors (Lipinski definition) is 10. The zero-order valence-electron chi connectivity index (χ0n) is 40.0. The number of aryl methyl sites for hydroxylation is 2. The van der Waals surface area contributed by atoms with E-state index in [0.717, 1.165) is 44.5 Å². The van der Waals surface area contributed by atoms with Crippen LogP contribution in [0.5, 0.6) is 5.75 Å². The van der Waals surface area contributed by atoms with Gasteiger partial charge in [-0.15, -0.1) is 0 Å². The van der Waals surface area contributed by atoms with Crippen LogP contribution in [0.3, 0.4) is 0 Å². The second-order valence-electron chi connectivity index (χ2n) is 19.6. The summed E-state index contributed by atoms with van der Waals surface area (Å²) >= 11 is 0. The quantitative estimate of drug-likeness (QED) is 0.112. The predicted octanol–water partition coefficient (Wildman–Crippen LogP) is 6.44. The average molecular weight is 906 g/mol. The van der Waals surface area contributed by atoms with Gasteiger partial charge in [0.15, 0.2) is 5.78 Å². The van der Waals surface area contributed by atoms with Gasteiger partial charge in [0.1, 0.15) is 23.9 Å². The number of esters is 1. The molecule has 1 saturated carbocycles. The lowest BCUT2D eigenvalue weighted by Gasteiger charge is -2.37. The number of amides is 3. The molecule has 2 aromatic carbocycles. The molecular weight excluding hydrogens is 839 g/mol. The summed E-state index contributed by atoms with van der Waals surface area (Å²) in [4.78, 5) is 70.9. The van der Waals surface area contributed by atoms with Crippen molar-refractivity contribution in [2.75, 3.05) is 27.3 Å².